The minimum absolute atomic E-state index is 0.295. The fraction of sp³-hybridized carbons (Fsp3) is 0.391. The van der Waals surface area contributed by atoms with Crippen LogP contribution in [0.15, 0.2) is 36.7 Å². The first-order chi connectivity index (χ1) is 16.0. The van der Waals surface area contributed by atoms with Crippen molar-refractivity contribution in [3.63, 3.8) is 0 Å². The molecule has 1 aliphatic rings. The maximum absolute atomic E-state index is 14.2. The van der Waals surface area contributed by atoms with Gasteiger partial charge in [0.1, 0.15) is 11.6 Å². The van der Waals surface area contributed by atoms with E-state index in [1.807, 2.05) is 26.2 Å². The Bertz CT molecular complexity index is 1230. The van der Waals surface area contributed by atoms with Crippen molar-refractivity contribution >= 4 is 28.5 Å². The average Bonchev–Trinajstić information content (AvgIpc) is 3.34. The van der Waals surface area contributed by atoms with Gasteiger partial charge in [0, 0.05) is 42.4 Å². The Morgan fingerprint density at radius 1 is 1.12 bits per heavy atom. The maximum atomic E-state index is 14.2. The second-order valence-corrected chi connectivity index (χ2v) is 8.82. The van der Waals surface area contributed by atoms with Gasteiger partial charge in [0.25, 0.3) is 0 Å². The highest BCUT2D eigenvalue weighted by Crippen LogP contribution is 2.39. The van der Waals surface area contributed by atoms with Gasteiger partial charge in [0.2, 0.25) is 5.95 Å². The van der Waals surface area contributed by atoms with Crippen LogP contribution in [-0.2, 0) is 6.54 Å². The second kappa shape index (κ2) is 9.14. The summed E-state index contributed by atoms with van der Waals surface area (Å²) in [6.07, 6.45) is 6.81. The second-order valence-electron chi connectivity index (χ2n) is 8.82. The lowest BCUT2D eigenvalue weighted by molar-refractivity contribution is 0.399. The Balaban J connectivity index is 1.39. The summed E-state index contributed by atoms with van der Waals surface area (Å²) in [6.45, 7) is 2.13. The number of aromatic amines is 2. The number of benzene rings is 1. The first-order valence-corrected chi connectivity index (χ1v) is 11.2. The van der Waals surface area contributed by atoms with Crippen molar-refractivity contribution in [2.45, 2.75) is 31.7 Å². The van der Waals surface area contributed by atoms with Crippen LogP contribution in [0.1, 0.15) is 36.4 Å². The van der Waals surface area contributed by atoms with E-state index in [0.717, 1.165) is 42.0 Å². The molecule has 1 saturated carbocycles. The van der Waals surface area contributed by atoms with Crippen LogP contribution < -0.4 is 10.2 Å². The van der Waals surface area contributed by atoms with Gasteiger partial charge < -0.3 is 15.1 Å². The normalized spacial score (nSPS) is 13.7. The van der Waals surface area contributed by atoms with E-state index in [2.05, 4.69) is 40.5 Å². The standard InChI is InChI=1S/C23H28FN9/c1-32(2)8-3-9-33(14-16-10-17(24)11-20-18(16)13-26-29-20)23-25-7-6-21(28-23)27-22-12-19(30-31-22)15-4-5-15/h6-7,10-13,15H,3-5,8-9,14H2,1-2H3,(H,26,29)(H2,25,27,28,30,31). The quantitative estimate of drug-likeness (QED) is 0.338. The molecule has 0 amide bonds. The Labute approximate surface area is 191 Å². The van der Waals surface area contributed by atoms with Crippen LogP contribution in [0.25, 0.3) is 10.9 Å². The van der Waals surface area contributed by atoms with E-state index < -0.39 is 0 Å². The highest BCUT2D eigenvalue weighted by Gasteiger charge is 2.25. The number of rotatable bonds is 10. The van der Waals surface area contributed by atoms with Crippen molar-refractivity contribution in [3.05, 3.63) is 53.7 Å². The van der Waals surface area contributed by atoms with Crippen molar-refractivity contribution in [3.8, 4) is 0 Å². The lowest BCUT2D eigenvalue weighted by Crippen LogP contribution is -2.28. The van der Waals surface area contributed by atoms with E-state index in [0.29, 0.717) is 29.7 Å². The molecule has 0 spiro atoms. The number of anilines is 3. The molecule has 9 nitrogen and oxygen atoms in total. The largest absolute Gasteiger partial charge is 0.336 e. The number of fused-ring (bicyclic) bond motifs is 1. The van der Waals surface area contributed by atoms with E-state index >= 15 is 0 Å². The van der Waals surface area contributed by atoms with E-state index in [4.69, 9.17) is 4.98 Å². The number of halogens is 1. The summed E-state index contributed by atoms with van der Waals surface area (Å²) >= 11 is 0. The molecule has 5 rings (SSSR count). The van der Waals surface area contributed by atoms with Gasteiger partial charge in [0.05, 0.1) is 11.7 Å². The zero-order valence-electron chi connectivity index (χ0n) is 18.8. The highest BCUT2D eigenvalue weighted by molar-refractivity contribution is 5.82. The van der Waals surface area contributed by atoms with E-state index in [9.17, 15) is 4.39 Å². The molecule has 172 valence electrons. The predicted molar refractivity (Wildman–Crippen MR) is 126 cm³/mol. The molecule has 3 aromatic heterocycles. The van der Waals surface area contributed by atoms with Gasteiger partial charge in [-0.3, -0.25) is 10.2 Å². The summed E-state index contributed by atoms with van der Waals surface area (Å²) in [5.41, 5.74) is 2.68. The topological polar surface area (TPSA) is 102 Å². The van der Waals surface area contributed by atoms with Crippen LogP contribution in [-0.4, -0.2) is 62.4 Å². The van der Waals surface area contributed by atoms with E-state index in [1.54, 1.807) is 18.5 Å². The van der Waals surface area contributed by atoms with Crippen molar-refractivity contribution in [1.82, 2.24) is 35.3 Å². The number of nitrogens with one attached hydrogen (secondary N) is 3. The summed E-state index contributed by atoms with van der Waals surface area (Å²) in [5.74, 6) is 2.30. The summed E-state index contributed by atoms with van der Waals surface area (Å²) in [4.78, 5) is 13.5. The summed E-state index contributed by atoms with van der Waals surface area (Å²) in [6, 6.07) is 6.88. The van der Waals surface area contributed by atoms with Gasteiger partial charge in [-0.1, -0.05) is 0 Å². The number of hydrogen-bond acceptors (Lipinski definition) is 7. The van der Waals surface area contributed by atoms with Crippen LogP contribution in [0.4, 0.5) is 22.0 Å². The molecule has 4 aromatic rings. The lowest BCUT2D eigenvalue weighted by Gasteiger charge is -2.24. The van der Waals surface area contributed by atoms with Gasteiger partial charge in [-0.05, 0) is 63.7 Å². The molecule has 1 fully saturated rings. The molecule has 0 atom stereocenters. The SMILES string of the molecule is CN(C)CCCN(Cc1cc(F)cc2[nH]ncc12)c1nccc(Nc2cc(C3CC3)[nH]n2)n1. The van der Waals surface area contributed by atoms with Gasteiger partial charge in [-0.15, -0.1) is 0 Å². The molecule has 10 heteroatoms. The molecule has 0 saturated heterocycles. The minimum atomic E-state index is -0.295. The van der Waals surface area contributed by atoms with Crippen LogP contribution in [0.3, 0.4) is 0 Å². The summed E-state index contributed by atoms with van der Waals surface area (Å²) in [7, 11) is 4.10. The molecule has 0 radical (unpaired) electrons. The van der Waals surface area contributed by atoms with Gasteiger partial charge in [0.15, 0.2) is 5.82 Å². The average molecular weight is 450 g/mol. The number of nitrogens with zero attached hydrogens (tertiary/aromatic N) is 6. The van der Waals surface area contributed by atoms with Crippen molar-refractivity contribution < 1.29 is 4.39 Å². The maximum Gasteiger partial charge on any atom is 0.227 e. The monoisotopic (exact) mass is 449 g/mol. The smallest absolute Gasteiger partial charge is 0.227 e. The lowest BCUT2D eigenvalue weighted by atomic mass is 10.1. The van der Waals surface area contributed by atoms with Crippen molar-refractivity contribution in [2.24, 2.45) is 0 Å². The third kappa shape index (κ3) is 5.11. The molecule has 0 unspecified atom stereocenters. The molecule has 1 aliphatic carbocycles. The minimum Gasteiger partial charge on any atom is -0.336 e. The summed E-state index contributed by atoms with van der Waals surface area (Å²) < 4.78 is 14.2. The zero-order valence-corrected chi connectivity index (χ0v) is 18.8. The Kier molecular flexibility index (Phi) is 5.91. The third-order valence-corrected chi connectivity index (χ3v) is 5.80. The molecule has 1 aromatic carbocycles. The number of aromatic nitrogens is 6. The molecule has 3 N–H and O–H groups in total. The molecular weight excluding hydrogens is 421 g/mol. The highest BCUT2D eigenvalue weighted by atomic mass is 19.1. The Morgan fingerprint density at radius 3 is 2.82 bits per heavy atom. The first-order valence-electron chi connectivity index (χ1n) is 11.2. The molecule has 0 bridgehead atoms. The first kappa shape index (κ1) is 21.3. The van der Waals surface area contributed by atoms with Gasteiger partial charge >= 0.3 is 0 Å². The Hall–Kier alpha value is -3.53. The fourth-order valence-corrected chi connectivity index (χ4v) is 3.96. The zero-order chi connectivity index (χ0) is 22.8. The Morgan fingerprint density at radius 2 is 2.00 bits per heavy atom. The van der Waals surface area contributed by atoms with Crippen LogP contribution in [0, 0.1) is 5.82 Å². The van der Waals surface area contributed by atoms with Crippen LogP contribution >= 0.6 is 0 Å². The van der Waals surface area contributed by atoms with Gasteiger partial charge in [-0.25, -0.2) is 9.37 Å². The van der Waals surface area contributed by atoms with E-state index in [-0.39, 0.29) is 5.82 Å². The third-order valence-electron chi connectivity index (χ3n) is 5.80. The van der Waals surface area contributed by atoms with Crippen LogP contribution in [0.5, 0.6) is 0 Å². The van der Waals surface area contributed by atoms with Crippen LogP contribution in [0.2, 0.25) is 0 Å². The van der Waals surface area contributed by atoms with E-state index in [1.165, 1.54) is 18.9 Å². The molecule has 3 heterocycles. The number of H-pyrrole nitrogens is 2. The predicted octanol–water partition coefficient (Wildman–Crippen LogP) is 3.79. The fourth-order valence-electron chi connectivity index (χ4n) is 3.96. The van der Waals surface area contributed by atoms with Crippen molar-refractivity contribution in [2.75, 3.05) is 37.4 Å². The molecule has 0 aliphatic heterocycles. The molecular formula is C23H28FN9. The van der Waals surface area contributed by atoms with Crippen molar-refractivity contribution in [1.29, 1.82) is 0 Å². The molecule has 33 heavy (non-hydrogen) atoms. The van der Waals surface area contributed by atoms with Gasteiger partial charge in [-0.2, -0.15) is 15.2 Å². The number of hydrogen-bond donors (Lipinski definition) is 3. The summed E-state index contributed by atoms with van der Waals surface area (Å²) in [5, 5.41) is 18.6.